The molecule has 1 amide bonds. The molecule has 2 aromatic heterocycles. The lowest BCUT2D eigenvalue weighted by molar-refractivity contribution is 0.0985. The molecule has 0 fully saturated rings. The number of H-pyrrole nitrogens is 1. The molecule has 0 bridgehead atoms. The molecule has 0 aliphatic rings. The number of aromatic amines is 1. The van der Waals surface area contributed by atoms with E-state index in [0.29, 0.717) is 18.0 Å². The number of amides is 1. The maximum Gasteiger partial charge on any atom is 0.329 e. The lowest BCUT2D eigenvalue weighted by Crippen LogP contribution is -2.32. The molecule has 8 heteroatoms. The van der Waals surface area contributed by atoms with E-state index in [0.717, 1.165) is 5.56 Å². The third kappa shape index (κ3) is 3.95. The molecule has 0 atom stereocenters. The first-order valence-corrected chi connectivity index (χ1v) is 9.57. The van der Waals surface area contributed by atoms with Gasteiger partial charge in [0.05, 0.1) is 24.6 Å². The number of methoxy groups -OCH3 is 1. The van der Waals surface area contributed by atoms with Crippen LogP contribution in [0.5, 0.6) is 5.75 Å². The Morgan fingerprint density at radius 2 is 1.81 bits per heavy atom. The molecule has 0 aliphatic heterocycles. The second-order valence-electron chi connectivity index (χ2n) is 6.99. The van der Waals surface area contributed by atoms with Gasteiger partial charge in [0.2, 0.25) is 0 Å². The molecule has 4 rings (SSSR count). The van der Waals surface area contributed by atoms with E-state index in [1.807, 2.05) is 30.3 Å². The fraction of sp³-hybridized carbons (Fsp3) is 0.130. The van der Waals surface area contributed by atoms with E-state index in [1.165, 1.54) is 23.9 Å². The molecule has 8 nitrogen and oxygen atoms in total. The summed E-state index contributed by atoms with van der Waals surface area (Å²) in [4.78, 5) is 45.6. The number of anilines is 1. The van der Waals surface area contributed by atoms with Crippen molar-refractivity contribution in [3.05, 3.63) is 98.8 Å². The number of carbonyl (C=O) groups excluding carboxylic acids is 1. The van der Waals surface area contributed by atoms with E-state index < -0.39 is 11.2 Å². The molecule has 2 heterocycles. The second kappa shape index (κ2) is 8.27. The summed E-state index contributed by atoms with van der Waals surface area (Å²) in [5, 5.41) is 0.169. The number of fused-ring (bicyclic) bond motifs is 1. The molecular weight excluding hydrogens is 396 g/mol. The molecule has 31 heavy (non-hydrogen) atoms. The van der Waals surface area contributed by atoms with E-state index in [9.17, 15) is 14.4 Å². The first-order valence-electron chi connectivity index (χ1n) is 9.57. The van der Waals surface area contributed by atoms with Gasteiger partial charge in [0, 0.05) is 18.9 Å². The molecule has 0 radical (unpaired) electrons. The zero-order chi connectivity index (χ0) is 22.0. The van der Waals surface area contributed by atoms with Crippen LogP contribution in [0, 0.1) is 0 Å². The predicted octanol–water partition coefficient (Wildman–Crippen LogP) is 2.48. The van der Waals surface area contributed by atoms with Gasteiger partial charge in [0.15, 0.2) is 0 Å². The average Bonchev–Trinajstić information content (AvgIpc) is 2.81. The highest BCUT2D eigenvalue weighted by Crippen LogP contribution is 2.23. The van der Waals surface area contributed by atoms with Crippen LogP contribution < -0.4 is 20.9 Å². The molecule has 1 N–H and O–H groups in total. The number of ether oxygens (including phenoxy) is 1. The van der Waals surface area contributed by atoms with E-state index >= 15 is 0 Å². The fourth-order valence-electron chi connectivity index (χ4n) is 3.32. The highest BCUT2D eigenvalue weighted by molar-refractivity contribution is 6.07. The van der Waals surface area contributed by atoms with Crippen molar-refractivity contribution in [1.82, 2.24) is 14.5 Å². The number of aromatic nitrogens is 3. The Bertz CT molecular complexity index is 1360. The lowest BCUT2D eigenvalue weighted by atomic mass is 10.1. The van der Waals surface area contributed by atoms with Gasteiger partial charge < -0.3 is 9.64 Å². The van der Waals surface area contributed by atoms with Crippen molar-refractivity contribution in [3.8, 4) is 5.75 Å². The van der Waals surface area contributed by atoms with Gasteiger partial charge in [-0.05, 0) is 35.9 Å². The maximum atomic E-state index is 13.5. The molecule has 4 aromatic rings. The van der Waals surface area contributed by atoms with Gasteiger partial charge in [0.1, 0.15) is 11.4 Å². The van der Waals surface area contributed by atoms with E-state index in [-0.39, 0.29) is 22.5 Å². The van der Waals surface area contributed by atoms with Crippen molar-refractivity contribution in [3.63, 3.8) is 0 Å². The van der Waals surface area contributed by atoms with Gasteiger partial charge in [-0.15, -0.1) is 0 Å². The Hall–Kier alpha value is -4.20. The van der Waals surface area contributed by atoms with Crippen LogP contribution in [0.4, 0.5) is 5.69 Å². The summed E-state index contributed by atoms with van der Waals surface area (Å²) in [6.45, 7) is 0.327. The largest absolute Gasteiger partial charge is 0.497 e. The van der Waals surface area contributed by atoms with E-state index in [2.05, 4.69) is 9.97 Å². The van der Waals surface area contributed by atoms with Gasteiger partial charge in [-0.25, -0.2) is 9.78 Å². The molecule has 0 saturated heterocycles. The van der Waals surface area contributed by atoms with Gasteiger partial charge in [0.25, 0.3) is 11.5 Å². The molecule has 0 unspecified atom stereocenters. The summed E-state index contributed by atoms with van der Waals surface area (Å²) >= 11 is 0. The molecule has 0 aliphatic carbocycles. The van der Waals surface area contributed by atoms with Gasteiger partial charge in [-0.1, -0.05) is 30.3 Å². The Kier molecular flexibility index (Phi) is 5.36. The number of nitrogens with zero attached hydrogens (tertiary/aromatic N) is 3. The predicted molar refractivity (Wildman–Crippen MR) is 118 cm³/mol. The number of nitrogens with one attached hydrogen (secondary N) is 1. The number of aryl methyl sites for hydroxylation is 1. The standard InChI is InChI=1S/C23H20N4O4/c1-26-20-19(21(28)25-23(26)30)12-16(13-24-20)22(29)27(14-15-6-4-3-5-7-15)17-8-10-18(31-2)11-9-17/h3-13H,14H2,1-2H3,(H,25,28,30). The summed E-state index contributed by atoms with van der Waals surface area (Å²) in [5.41, 5.74) is 0.921. The molecule has 156 valence electrons. The highest BCUT2D eigenvalue weighted by atomic mass is 16.5. The van der Waals surface area contributed by atoms with Crippen molar-refractivity contribution >= 4 is 22.6 Å². The van der Waals surface area contributed by atoms with Crippen LogP contribution in [0.25, 0.3) is 11.0 Å². The molecule has 0 spiro atoms. The van der Waals surface area contributed by atoms with Crippen LogP contribution in [-0.2, 0) is 13.6 Å². The van der Waals surface area contributed by atoms with Crippen molar-refractivity contribution in [2.45, 2.75) is 6.54 Å². The summed E-state index contributed by atoms with van der Waals surface area (Å²) in [5.74, 6) is 0.354. The maximum absolute atomic E-state index is 13.5. The topological polar surface area (TPSA) is 97.3 Å². The van der Waals surface area contributed by atoms with Crippen LogP contribution in [-0.4, -0.2) is 27.6 Å². The SMILES string of the molecule is COc1ccc(N(Cc2ccccc2)C(=O)c2cnc3c(c2)c(=O)[nH]c(=O)n3C)cc1. The van der Waals surface area contributed by atoms with E-state index in [1.54, 1.807) is 36.3 Å². The smallest absolute Gasteiger partial charge is 0.329 e. The number of carbonyl (C=O) groups is 1. The molecular formula is C23H20N4O4. The minimum Gasteiger partial charge on any atom is -0.497 e. The lowest BCUT2D eigenvalue weighted by Gasteiger charge is -2.23. The summed E-state index contributed by atoms with van der Waals surface area (Å²) < 4.78 is 6.45. The van der Waals surface area contributed by atoms with Crippen molar-refractivity contribution in [2.24, 2.45) is 7.05 Å². The zero-order valence-corrected chi connectivity index (χ0v) is 17.0. The van der Waals surface area contributed by atoms with Crippen molar-refractivity contribution < 1.29 is 9.53 Å². The highest BCUT2D eigenvalue weighted by Gasteiger charge is 2.20. The molecule has 0 saturated carbocycles. The number of benzene rings is 2. The van der Waals surface area contributed by atoms with Gasteiger partial charge in [-0.3, -0.25) is 19.1 Å². The Balaban J connectivity index is 1.79. The Morgan fingerprint density at radius 3 is 2.48 bits per heavy atom. The van der Waals surface area contributed by atoms with Crippen molar-refractivity contribution in [1.29, 1.82) is 0 Å². The quantitative estimate of drug-likeness (QED) is 0.539. The Labute approximate surface area is 177 Å². The minimum atomic E-state index is -0.584. The number of hydrogen-bond acceptors (Lipinski definition) is 5. The van der Waals surface area contributed by atoms with Crippen LogP contribution >= 0.6 is 0 Å². The third-order valence-electron chi connectivity index (χ3n) is 5.01. The third-order valence-corrected chi connectivity index (χ3v) is 5.01. The molecule has 2 aromatic carbocycles. The summed E-state index contributed by atoms with van der Waals surface area (Å²) in [7, 11) is 3.08. The van der Waals surface area contributed by atoms with Crippen LogP contribution in [0.2, 0.25) is 0 Å². The number of hydrogen-bond donors (Lipinski definition) is 1. The van der Waals surface area contributed by atoms with E-state index in [4.69, 9.17) is 4.74 Å². The summed E-state index contributed by atoms with van der Waals surface area (Å²) in [6, 6.07) is 18.2. The minimum absolute atomic E-state index is 0.169. The first kappa shape index (κ1) is 20.1. The first-order chi connectivity index (χ1) is 15.0. The number of pyridine rings is 1. The number of rotatable bonds is 5. The normalized spacial score (nSPS) is 10.8. The van der Waals surface area contributed by atoms with Crippen LogP contribution in [0.3, 0.4) is 0 Å². The average molecular weight is 416 g/mol. The van der Waals surface area contributed by atoms with Crippen LogP contribution in [0.1, 0.15) is 15.9 Å². The zero-order valence-electron chi connectivity index (χ0n) is 17.0. The Morgan fingerprint density at radius 1 is 1.10 bits per heavy atom. The second-order valence-corrected chi connectivity index (χ2v) is 6.99. The van der Waals surface area contributed by atoms with Gasteiger partial charge in [-0.2, -0.15) is 0 Å². The monoisotopic (exact) mass is 416 g/mol. The fourth-order valence-corrected chi connectivity index (χ4v) is 3.32. The van der Waals surface area contributed by atoms with Crippen LogP contribution in [0.15, 0.2) is 76.4 Å². The van der Waals surface area contributed by atoms with Gasteiger partial charge >= 0.3 is 5.69 Å². The van der Waals surface area contributed by atoms with Crippen molar-refractivity contribution in [2.75, 3.05) is 12.0 Å². The summed E-state index contributed by atoms with van der Waals surface area (Å²) in [6.07, 6.45) is 1.38.